The molecule has 0 radical (unpaired) electrons. The summed E-state index contributed by atoms with van der Waals surface area (Å²) in [4.78, 5) is 48.9. The third kappa shape index (κ3) is 2.85. The molecule has 0 aromatic carbocycles. The minimum atomic E-state index is -4.59. The van der Waals surface area contributed by atoms with E-state index in [0.717, 1.165) is 6.92 Å². The fraction of sp³-hybridized carbons (Fsp3) is 0.733. The van der Waals surface area contributed by atoms with E-state index in [-0.39, 0.29) is 0 Å². The summed E-state index contributed by atoms with van der Waals surface area (Å²) in [6, 6.07) is 0. The normalized spacial score (nSPS) is 23.5. The van der Waals surface area contributed by atoms with E-state index >= 15 is 0 Å². The first kappa shape index (κ1) is 18.5. The van der Waals surface area contributed by atoms with Crippen molar-refractivity contribution in [3.8, 4) is 0 Å². The molecular formula is C15H19F3O4. The number of halogens is 3. The molecule has 7 heteroatoms. The van der Waals surface area contributed by atoms with E-state index in [1.165, 1.54) is 27.7 Å². The Labute approximate surface area is 126 Å². The highest BCUT2D eigenvalue weighted by Crippen LogP contribution is 2.42. The average molecular weight is 320 g/mol. The predicted octanol–water partition coefficient (Wildman–Crippen LogP) is 2.53. The van der Waals surface area contributed by atoms with Crippen LogP contribution >= 0.6 is 0 Å². The highest BCUT2D eigenvalue weighted by molar-refractivity contribution is 6.35. The zero-order chi connectivity index (χ0) is 17.7. The highest BCUT2D eigenvalue weighted by Gasteiger charge is 2.60. The molecule has 22 heavy (non-hydrogen) atoms. The summed E-state index contributed by atoms with van der Waals surface area (Å²) in [6.45, 7) is 5.98. The van der Waals surface area contributed by atoms with Gasteiger partial charge in [0.15, 0.2) is 23.1 Å². The van der Waals surface area contributed by atoms with Crippen molar-refractivity contribution in [3.05, 3.63) is 0 Å². The molecular weight excluding hydrogens is 301 g/mol. The molecule has 1 unspecified atom stereocenters. The second-order valence-corrected chi connectivity index (χ2v) is 6.85. The highest BCUT2D eigenvalue weighted by atomic mass is 19.4. The molecule has 0 saturated heterocycles. The molecule has 0 aliphatic heterocycles. The van der Waals surface area contributed by atoms with Crippen LogP contribution < -0.4 is 0 Å². The minimum absolute atomic E-state index is 0.622. The van der Waals surface area contributed by atoms with Gasteiger partial charge in [0.25, 0.3) is 0 Å². The second kappa shape index (κ2) is 5.28. The summed E-state index contributed by atoms with van der Waals surface area (Å²) in [5.41, 5.74) is -3.14. The lowest BCUT2D eigenvalue weighted by Gasteiger charge is -2.40. The molecule has 124 valence electrons. The van der Waals surface area contributed by atoms with Gasteiger partial charge in [-0.2, -0.15) is 13.2 Å². The molecule has 0 amide bonds. The van der Waals surface area contributed by atoms with Crippen LogP contribution in [0.5, 0.6) is 0 Å². The molecule has 1 atom stereocenters. The largest absolute Gasteiger partial charge is 0.391 e. The Balaban J connectivity index is 3.18. The van der Waals surface area contributed by atoms with Crippen LogP contribution in [-0.4, -0.2) is 29.3 Å². The van der Waals surface area contributed by atoms with E-state index in [2.05, 4.69) is 0 Å². The number of Topliss-reactive ketones (excluding diaryl/α,β-unsaturated/α-hetero) is 4. The van der Waals surface area contributed by atoms with Gasteiger partial charge in [0.1, 0.15) is 5.92 Å². The van der Waals surface area contributed by atoms with E-state index in [9.17, 15) is 32.3 Å². The zero-order valence-corrected chi connectivity index (χ0v) is 13.1. The van der Waals surface area contributed by atoms with E-state index in [0.29, 0.717) is 0 Å². The third-order valence-corrected chi connectivity index (χ3v) is 4.28. The van der Waals surface area contributed by atoms with Gasteiger partial charge in [-0.05, 0) is 27.7 Å². The maximum Gasteiger partial charge on any atom is 0.391 e. The van der Waals surface area contributed by atoms with Crippen LogP contribution in [0.15, 0.2) is 0 Å². The lowest BCUT2D eigenvalue weighted by molar-refractivity contribution is -0.177. The fourth-order valence-electron chi connectivity index (χ4n) is 2.67. The molecule has 1 saturated carbocycles. The molecule has 0 aromatic heterocycles. The molecule has 1 aliphatic carbocycles. The van der Waals surface area contributed by atoms with Gasteiger partial charge in [-0.25, -0.2) is 0 Å². The minimum Gasteiger partial charge on any atom is -0.298 e. The van der Waals surface area contributed by atoms with Crippen molar-refractivity contribution in [3.63, 3.8) is 0 Å². The van der Waals surface area contributed by atoms with Gasteiger partial charge in [-0.15, -0.1) is 0 Å². The standard InChI is InChI=1S/C15H19F3O4/c1-7(15(16,17)18)6-8(19)9-10(20)13(2,3)12(22)14(4,5)11(9)21/h7,9H,6H2,1-5H3. The Hall–Kier alpha value is -1.53. The van der Waals surface area contributed by atoms with Gasteiger partial charge in [0, 0.05) is 6.42 Å². The molecule has 4 nitrogen and oxygen atoms in total. The van der Waals surface area contributed by atoms with Crippen molar-refractivity contribution < 1.29 is 32.3 Å². The molecule has 1 aliphatic rings. The summed E-state index contributed by atoms with van der Waals surface area (Å²) in [5.74, 6) is -7.28. The molecule has 0 N–H and O–H groups in total. The summed E-state index contributed by atoms with van der Waals surface area (Å²) in [7, 11) is 0. The predicted molar refractivity (Wildman–Crippen MR) is 70.9 cm³/mol. The first-order chi connectivity index (χ1) is 9.65. The van der Waals surface area contributed by atoms with Crippen LogP contribution in [0.4, 0.5) is 13.2 Å². The Kier molecular flexibility index (Phi) is 4.44. The smallest absolute Gasteiger partial charge is 0.298 e. The summed E-state index contributed by atoms with van der Waals surface area (Å²) in [5, 5.41) is 0. The summed E-state index contributed by atoms with van der Waals surface area (Å²) >= 11 is 0. The average Bonchev–Trinajstić information content (AvgIpc) is 2.34. The van der Waals surface area contributed by atoms with Gasteiger partial charge in [-0.1, -0.05) is 6.92 Å². The van der Waals surface area contributed by atoms with Crippen molar-refractivity contribution in [2.45, 2.75) is 47.2 Å². The first-order valence-corrected chi connectivity index (χ1v) is 6.88. The molecule has 0 bridgehead atoms. The summed E-state index contributed by atoms with van der Waals surface area (Å²) in [6.07, 6.45) is -5.54. The second-order valence-electron chi connectivity index (χ2n) is 6.85. The SMILES string of the molecule is CC(CC(=O)C1C(=O)C(C)(C)C(=O)C(C)(C)C1=O)C(F)(F)F. The van der Waals surface area contributed by atoms with Crippen LogP contribution in [0.2, 0.25) is 0 Å². The molecule has 1 rings (SSSR count). The topological polar surface area (TPSA) is 68.3 Å². The van der Waals surface area contributed by atoms with Crippen LogP contribution in [0.25, 0.3) is 0 Å². The Morgan fingerprint density at radius 2 is 1.41 bits per heavy atom. The van der Waals surface area contributed by atoms with Gasteiger partial charge in [-0.3, -0.25) is 19.2 Å². The number of ketones is 4. The van der Waals surface area contributed by atoms with E-state index < -0.39 is 58.4 Å². The van der Waals surface area contributed by atoms with Gasteiger partial charge < -0.3 is 0 Å². The number of rotatable bonds is 3. The van der Waals surface area contributed by atoms with Crippen molar-refractivity contribution in [2.75, 3.05) is 0 Å². The van der Waals surface area contributed by atoms with Crippen LogP contribution in [0, 0.1) is 22.7 Å². The van der Waals surface area contributed by atoms with Crippen molar-refractivity contribution in [1.82, 2.24) is 0 Å². The fourth-order valence-corrected chi connectivity index (χ4v) is 2.67. The van der Waals surface area contributed by atoms with Crippen molar-refractivity contribution in [1.29, 1.82) is 0 Å². The lowest BCUT2D eigenvalue weighted by Crippen LogP contribution is -2.59. The Bertz CT molecular complexity index is 513. The van der Waals surface area contributed by atoms with E-state index in [1.807, 2.05) is 0 Å². The van der Waals surface area contributed by atoms with Gasteiger partial charge in [0.05, 0.1) is 16.7 Å². The van der Waals surface area contributed by atoms with Crippen LogP contribution in [0.1, 0.15) is 41.0 Å². The number of carbonyl (C=O) groups is 4. The van der Waals surface area contributed by atoms with Crippen molar-refractivity contribution >= 4 is 23.1 Å². The Morgan fingerprint density at radius 1 is 1.05 bits per heavy atom. The molecule has 0 spiro atoms. The monoisotopic (exact) mass is 320 g/mol. The molecule has 0 aromatic rings. The summed E-state index contributed by atoms with van der Waals surface area (Å²) < 4.78 is 37.7. The quantitative estimate of drug-likeness (QED) is 0.749. The maximum atomic E-state index is 12.6. The Morgan fingerprint density at radius 3 is 1.73 bits per heavy atom. The number of hydrogen-bond acceptors (Lipinski definition) is 4. The van der Waals surface area contributed by atoms with Crippen LogP contribution in [-0.2, 0) is 19.2 Å². The van der Waals surface area contributed by atoms with Crippen molar-refractivity contribution in [2.24, 2.45) is 22.7 Å². The van der Waals surface area contributed by atoms with Gasteiger partial charge >= 0.3 is 6.18 Å². The first-order valence-electron chi connectivity index (χ1n) is 6.88. The lowest BCUT2D eigenvalue weighted by atomic mass is 9.57. The molecule has 0 heterocycles. The van der Waals surface area contributed by atoms with Gasteiger partial charge in [0.2, 0.25) is 0 Å². The van der Waals surface area contributed by atoms with E-state index in [1.54, 1.807) is 0 Å². The number of carbonyl (C=O) groups excluding carboxylic acids is 4. The number of hydrogen-bond donors (Lipinski definition) is 0. The molecule has 1 fully saturated rings. The third-order valence-electron chi connectivity index (χ3n) is 4.28. The zero-order valence-electron chi connectivity index (χ0n) is 13.1. The maximum absolute atomic E-state index is 12.6. The van der Waals surface area contributed by atoms with Crippen LogP contribution in [0.3, 0.4) is 0 Å². The number of alkyl halides is 3. The van der Waals surface area contributed by atoms with E-state index in [4.69, 9.17) is 0 Å².